The number of carbonyl (C=O) groups is 2. The molecule has 0 unspecified atom stereocenters. The zero-order chi connectivity index (χ0) is 22.1. The lowest BCUT2D eigenvalue weighted by molar-refractivity contribution is 0.0952. The van der Waals surface area contributed by atoms with Gasteiger partial charge in [-0.15, -0.1) is 0 Å². The Balaban J connectivity index is 1.58. The molecule has 7 nitrogen and oxygen atoms in total. The zero-order valence-electron chi connectivity index (χ0n) is 17.5. The third-order valence-corrected chi connectivity index (χ3v) is 5.96. The van der Waals surface area contributed by atoms with Gasteiger partial charge in [-0.05, 0) is 73.3 Å². The van der Waals surface area contributed by atoms with Crippen molar-refractivity contribution >= 4 is 39.1 Å². The summed E-state index contributed by atoms with van der Waals surface area (Å²) in [5, 5.41) is 7.23. The topological polar surface area (TPSA) is 96.8 Å². The Morgan fingerprint density at radius 2 is 1.90 bits per heavy atom. The summed E-state index contributed by atoms with van der Waals surface area (Å²) in [5.41, 5.74) is 6.99. The smallest absolute Gasteiger partial charge is 0.291 e. The third kappa shape index (κ3) is 4.20. The number of rotatable bonds is 4. The molecule has 2 heterocycles. The molecule has 0 fully saturated rings. The van der Waals surface area contributed by atoms with Crippen LogP contribution in [0.2, 0.25) is 0 Å². The molecule has 2 amide bonds. The number of nitrogens with zero attached hydrogens (tertiary/aromatic N) is 1. The van der Waals surface area contributed by atoms with Crippen LogP contribution in [0.25, 0.3) is 0 Å². The van der Waals surface area contributed by atoms with Gasteiger partial charge in [0.1, 0.15) is 11.5 Å². The van der Waals surface area contributed by atoms with Crippen LogP contribution in [0, 0.1) is 20.8 Å². The molecule has 4 rings (SSSR count). The van der Waals surface area contributed by atoms with Crippen molar-refractivity contribution in [1.29, 1.82) is 0 Å². The second-order valence-electron chi connectivity index (χ2n) is 7.54. The lowest BCUT2D eigenvalue weighted by atomic mass is 9.93. The van der Waals surface area contributed by atoms with Crippen LogP contribution >= 0.6 is 15.9 Å². The summed E-state index contributed by atoms with van der Waals surface area (Å²) in [6.07, 6.45) is 3.69. The first-order valence-electron chi connectivity index (χ1n) is 9.96. The second kappa shape index (κ2) is 8.55. The minimum atomic E-state index is -0.339. The zero-order valence-corrected chi connectivity index (χ0v) is 19.1. The van der Waals surface area contributed by atoms with E-state index in [-0.39, 0.29) is 17.6 Å². The fraction of sp³-hybridized carbons (Fsp3) is 0.261. The highest BCUT2D eigenvalue weighted by Crippen LogP contribution is 2.31. The summed E-state index contributed by atoms with van der Waals surface area (Å²) in [6.45, 7) is 5.54. The maximum atomic E-state index is 12.9. The van der Waals surface area contributed by atoms with Gasteiger partial charge in [0.25, 0.3) is 11.8 Å². The molecule has 0 atom stereocenters. The van der Waals surface area contributed by atoms with Crippen molar-refractivity contribution in [1.82, 2.24) is 5.43 Å². The van der Waals surface area contributed by atoms with Crippen molar-refractivity contribution < 1.29 is 18.4 Å². The number of amides is 2. The third-order valence-electron chi connectivity index (χ3n) is 5.30. The van der Waals surface area contributed by atoms with E-state index in [1.54, 1.807) is 13.0 Å². The standard InChI is InChI=1S/C23H22BrN3O4/c1-12-7-8-17(16(24)11-12)25-23(29)21-13(2)20-18(5-4-6-19(20)31-21)26-27-22(28)15-9-10-30-14(15)3/h7-11H,4-6H2,1-3H3,(H,25,29)(H,27,28)/b26-18+. The van der Waals surface area contributed by atoms with E-state index in [1.807, 2.05) is 32.0 Å². The number of benzene rings is 1. The van der Waals surface area contributed by atoms with Gasteiger partial charge in [-0.25, -0.2) is 5.43 Å². The predicted octanol–water partition coefficient (Wildman–Crippen LogP) is 5.28. The summed E-state index contributed by atoms with van der Waals surface area (Å²) in [7, 11) is 0. The van der Waals surface area contributed by atoms with Crippen LogP contribution in [0.1, 0.15) is 62.0 Å². The Morgan fingerprint density at radius 1 is 1.10 bits per heavy atom. The van der Waals surface area contributed by atoms with Gasteiger partial charge in [0.2, 0.25) is 0 Å². The molecule has 1 aromatic carbocycles. The number of aryl methyl sites for hydroxylation is 3. The Morgan fingerprint density at radius 3 is 2.61 bits per heavy atom. The normalized spacial score (nSPS) is 14.4. The van der Waals surface area contributed by atoms with Gasteiger partial charge in [0.15, 0.2) is 5.76 Å². The maximum Gasteiger partial charge on any atom is 0.291 e. The molecule has 0 saturated carbocycles. The summed E-state index contributed by atoms with van der Waals surface area (Å²) in [4.78, 5) is 25.3. The van der Waals surface area contributed by atoms with Crippen molar-refractivity contribution in [3.8, 4) is 0 Å². The summed E-state index contributed by atoms with van der Waals surface area (Å²) in [5.74, 6) is 0.833. The monoisotopic (exact) mass is 483 g/mol. The van der Waals surface area contributed by atoms with Crippen LogP contribution in [0.5, 0.6) is 0 Å². The van der Waals surface area contributed by atoms with Crippen molar-refractivity contribution in [2.45, 2.75) is 40.0 Å². The molecule has 0 radical (unpaired) electrons. The minimum absolute atomic E-state index is 0.254. The summed E-state index contributed by atoms with van der Waals surface area (Å²) < 4.78 is 11.9. The molecule has 2 N–H and O–H groups in total. The molecule has 0 aliphatic heterocycles. The van der Waals surface area contributed by atoms with Crippen LogP contribution in [-0.4, -0.2) is 17.5 Å². The first-order valence-corrected chi connectivity index (χ1v) is 10.8. The first kappa shape index (κ1) is 21.1. The van der Waals surface area contributed by atoms with Crippen LogP contribution in [-0.2, 0) is 6.42 Å². The van der Waals surface area contributed by atoms with Crippen molar-refractivity contribution in [3.05, 3.63) is 74.5 Å². The first-order chi connectivity index (χ1) is 14.8. The van der Waals surface area contributed by atoms with Gasteiger partial charge >= 0.3 is 0 Å². The van der Waals surface area contributed by atoms with E-state index in [0.717, 1.165) is 22.0 Å². The van der Waals surface area contributed by atoms with E-state index in [1.165, 1.54) is 6.26 Å². The average Bonchev–Trinajstić information content (AvgIpc) is 3.32. The van der Waals surface area contributed by atoms with Gasteiger partial charge < -0.3 is 14.2 Å². The Labute approximate surface area is 188 Å². The number of carbonyl (C=O) groups excluding carboxylic acids is 2. The molecule has 2 aromatic heterocycles. The number of hydrogen-bond donors (Lipinski definition) is 2. The molecule has 1 aliphatic carbocycles. The number of nitrogens with one attached hydrogen (secondary N) is 2. The molecular weight excluding hydrogens is 462 g/mol. The highest BCUT2D eigenvalue weighted by atomic mass is 79.9. The number of anilines is 1. The van der Waals surface area contributed by atoms with Gasteiger partial charge in [-0.1, -0.05) is 6.07 Å². The molecule has 1 aliphatic rings. The van der Waals surface area contributed by atoms with E-state index in [2.05, 4.69) is 31.8 Å². The van der Waals surface area contributed by atoms with Crippen LogP contribution < -0.4 is 10.7 Å². The van der Waals surface area contributed by atoms with E-state index in [0.29, 0.717) is 46.9 Å². The molecule has 160 valence electrons. The van der Waals surface area contributed by atoms with Gasteiger partial charge in [0.05, 0.1) is 23.2 Å². The molecule has 0 bridgehead atoms. The lowest BCUT2D eigenvalue weighted by Gasteiger charge is -2.13. The Kier molecular flexibility index (Phi) is 5.82. The Hall–Kier alpha value is -3.13. The number of furan rings is 2. The predicted molar refractivity (Wildman–Crippen MR) is 121 cm³/mol. The fourth-order valence-electron chi connectivity index (χ4n) is 3.70. The van der Waals surface area contributed by atoms with E-state index in [9.17, 15) is 9.59 Å². The maximum absolute atomic E-state index is 12.9. The van der Waals surface area contributed by atoms with Crippen LogP contribution in [0.4, 0.5) is 5.69 Å². The van der Waals surface area contributed by atoms with Gasteiger partial charge in [-0.3, -0.25) is 9.59 Å². The number of hydrogen-bond acceptors (Lipinski definition) is 5. The highest BCUT2D eigenvalue weighted by molar-refractivity contribution is 9.10. The summed E-state index contributed by atoms with van der Waals surface area (Å²) >= 11 is 3.48. The van der Waals surface area contributed by atoms with Crippen LogP contribution in [0.15, 0.2) is 48.9 Å². The molecule has 3 aromatic rings. The molecule has 0 spiro atoms. The van der Waals surface area contributed by atoms with Crippen molar-refractivity contribution in [2.24, 2.45) is 5.10 Å². The molecule has 0 saturated heterocycles. The number of fused-ring (bicyclic) bond motifs is 1. The largest absolute Gasteiger partial charge is 0.469 e. The van der Waals surface area contributed by atoms with Gasteiger partial charge in [0, 0.05) is 22.0 Å². The van der Waals surface area contributed by atoms with Crippen molar-refractivity contribution in [3.63, 3.8) is 0 Å². The molecule has 8 heteroatoms. The van der Waals surface area contributed by atoms with E-state index in [4.69, 9.17) is 8.83 Å². The second-order valence-corrected chi connectivity index (χ2v) is 8.39. The van der Waals surface area contributed by atoms with Gasteiger partial charge in [-0.2, -0.15) is 5.10 Å². The fourth-order valence-corrected chi connectivity index (χ4v) is 4.29. The SMILES string of the molecule is Cc1ccc(NC(=O)c2oc3c(c2C)/C(=N/NC(=O)c2ccoc2C)CCC3)c(Br)c1. The summed E-state index contributed by atoms with van der Waals surface area (Å²) in [6, 6.07) is 7.31. The quantitative estimate of drug-likeness (QED) is 0.493. The molecular formula is C23H22BrN3O4. The number of halogens is 1. The average molecular weight is 484 g/mol. The van der Waals surface area contributed by atoms with Crippen LogP contribution in [0.3, 0.4) is 0 Å². The van der Waals surface area contributed by atoms with Crippen molar-refractivity contribution in [2.75, 3.05) is 5.32 Å². The lowest BCUT2D eigenvalue weighted by Crippen LogP contribution is -2.22. The Bertz CT molecular complexity index is 1210. The number of hydrazone groups is 1. The van der Waals surface area contributed by atoms with E-state index < -0.39 is 0 Å². The highest BCUT2D eigenvalue weighted by Gasteiger charge is 2.28. The molecule has 31 heavy (non-hydrogen) atoms. The van der Waals surface area contributed by atoms with E-state index >= 15 is 0 Å². The minimum Gasteiger partial charge on any atom is -0.469 e.